The summed E-state index contributed by atoms with van der Waals surface area (Å²) in [5.74, 6) is -0.438. The maximum absolute atomic E-state index is 12.1. The number of amides is 1. The van der Waals surface area contributed by atoms with E-state index in [1.54, 1.807) is 23.9 Å². The fourth-order valence-electron chi connectivity index (χ4n) is 2.41. The summed E-state index contributed by atoms with van der Waals surface area (Å²) in [5, 5.41) is 14.2. The number of non-ortho nitro benzene ring substituents is 1. The SMILES string of the molecule is O=C(Cn1c(=O)oc2cc([N+](=O)[O-])ccc21)NCCSc1ccc(Cl)cc1. The van der Waals surface area contributed by atoms with E-state index in [-0.39, 0.29) is 23.7 Å². The van der Waals surface area contributed by atoms with Crippen molar-refractivity contribution < 1.29 is 14.1 Å². The molecule has 0 saturated carbocycles. The average molecular weight is 408 g/mol. The van der Waals surface area contributed by atoms with Crippen LogP contribution in [-0.2, 0) is 11.3 Å². The molecule has 2 aromatic carbocycles. The van der Waals surface area contributed by atoms with E-state index in [9.17, 15) is 19.7 Å². The van der Waals surface area contributed by atoms with E-state index in [0.29, 0.717) is 22.8 Å². The van der Waals surface area contributed by atoms with Crippen LogP contribution in [-0.4, -0.2) is 27.7 Å². The van der Waals surface area contributed by atoms with Gasteiger partial charge in [0.05, 0.1) is 16.5 Å². The summed E-state index contributed by atoms with van der Waals surface area (Å²) in [5.41, 5.74) is 0.212. The van der Waals surface area contributed by atoms with Crippen molar-refractivity contribution in [2.75, 3.05) is 12.3 Å². The second kappa shape index (κ2) is 8.28. The highest BCUT2D eigenvalue weighted by Gasteiger charge is 2.16. The monoisotopic (exact) mass is 407 g/mol. The topological polar surface area (TPSA) is 107 Å². The van der Waals surface area contributed by atoms with Gasteiger partial charge in [-0.2, -0.15) is 0 Å². The van der Waals surface area contributed by atoms with Crippen molar-refractivity contribution in [1.82, 2.24) is 9.88 Å². The number of nitrogens with one attached hydrogen (secondary N) is 1. The Balaban J connectivity index is 1.57. The Bertz CT molecular complexity index is 1040. The van der Waals surface area contributed by atoms with Crippen molar-refractivity contribution in [3.63, 3.8) is 0 Å². The molecule has 1 N–H and O–H groups in total. The number of nitro benzene ring substituents is 1. The van der Waals surface area contributed by atoms with Crippen LogP contribution < -0.4 is 11.1 Å². The molecule has 8 nitrogen and oxygen atoms in total. The van der Waals surface area contributed by atoms with Crippen LogP contribution in [0.1, 0.15) is 0 Å². The highest BCUT2D eigenvalue weighted by molar-refractivity contribution is 7.99. The number of aromatic nitrogens is 1. The molecule has 0 unspecified atom stereocenters. The van der Waals surface area contributed by atoms with Gasteiger partial charge in [0.25, 0.3) is 5.69 Å². The number of carbonyl (C=O) groups is 1. The van der Waals surface area contributed by atoms with Crippen LogP contribution in [0.2, 0.25) is 5.02 Å². The molecule has 1 amide bonds. The zero-order valence-electron chi connectivity index (χ0n) is 13.9. The Labute approximate surface area is 162 Å². The van der Waals surface area contributed by atoms with Gasteiger partial charge in [-0.05, 0) is 30.3 Å². The van der Waals surface area contributed by atoms with E-state index in [0.717, 1.165) is 15.5 Å². The van der Waals surface area contributed by atoms with E-state index in [4.69, 9.17) is 16.0 Å². The van der Waals surface area contributed by atoms with E-state index in [2.05, 4.69) is 5.32 Å². The van der Waals surface area contributed by atoms with Gasteiger partial charge in [-0.25, -0.2) is 4.79 Å². The molecule has 10 heteroatoms. The van der Waals surface area contributed by atoms with Crippen LogP contribution in [0.25, 0.3) is 11.1 Å². The number of benzene rings is 2. The summed E-state index contributed by atoms with van der Waals surface area (Å²) in [7, 11) is 0. The van der Waals surface area contributed by atoms with Gasteiger partial charge in [0.15, 0.2) is 5.58 Å². The summed E-state index contributed by atoms with van der Waals surface area (Å²) in [4.78, 5) is 35.3. The van der Waals surface area contributed by atoms with E-state index in [1.165, 1.54) is 12.1 Å². The molecule has 27 heavy (non-hydrogen) atoms. The third kappa shape index (κ3) is 4.69. The first-order valence-electron chi connectivity index (χ1n) is 7.87. The molecule has 0 saturated heterocycles. The molecule has 0 aliphatic carbocycles. The Kier molecular flexibility index (Phi) is 5.82. The fraction of sp³-hybridized carbons (Fsp3) is 0.176. The van der Waals surface area contributed by atoms with Crippen molar-refractivity contribution in [2.24, 2.45) is 0 Å². The molecule has 0 radical (unpaired) electrons. The number of oxazole rings is 1. The molecule has 1 heterocycles. The van der Waals surface area contributed by atoms with Gasteiger partial charge in [0, 0.05) is 28.3 Å². The van der Waals surface area contributed by atoms with Gasteiger partial charge in [-0.3, -0.25) is 19.5 Å². The highest BCUT2D eigenvalue weighted by atomic mass is 35.5. The number of fused-ring (bicyclic) bond motifs is 1. The molecule has 3 aromatic rings. The van der Waals surface area contributed by atoms with Crippen LogP contribution in [0.5, 0.6) is 0 Å². The molecule has 0 aliphatic rings. The number of hydrogen-bond donors (Lipinski definition) is 1. The normalized spacial score (nSPS) is 10.9. The zero-order chi connectivity index (χ0) is 19.4. The summed E-state index contributed by atoms with van der Waals surface area (Å²) in [6.07, 6.45) is 0. The smallest absolute Gasteiger partial charge is 0.407 e. The standard InChI is InChI=1S/C17H14ClN3O5S/c18-11-1-4-13(5-2-11)27-8-7-19-16(22)10-20-14-6-3-12(21(24)25)9-15(14)26-17(20)23/h1-6,9H,7-8,10H2,(H,19,22). The third-order valence-electron chi connectivity index (χ3n) is 3.67. The van der Waals surface area contributed by atoms with Crippen molar-refractivity contribution >= 4 is 46.1 Å². The molecule has 0 atom stereocenters. The second-order valence-corrected chi connectivity index (χ2v) is 7.12. The molecule has 140 valence electrons. The number of halogens is 1. The first-order valence-corrected chi connectivity index (χ1v) is 9.23. The summed E-state index contributed by atoms with van der Waals surface area (Å²) < 4.78 is 6.13. The van der Waals surface area contributed by atoms with E-state index >= 15 is 0 Å². The molecular formula is C17H14ClN3O5S. The predicted octanol–water partition coefficient (Wildman–Crippen LogP) is 3.06. The van der Waals surface area contributed by atoms with Gasteiger partial charge in [0.1, 0.15) is 6.54 Å². The molecule has 0 bridgehead atoms. The van der Waals surface area contributed by atoms with Crippen molar-refractivity contribution in [2.45, 2.75) is 11.4 Å². The van der Waals surface area contributed by atoms with Gasteiger partial charge < -0.3 is 9.73 Å². The first-order chi connectivity index (χ1) is 12.9. The molecular weight excluding hydrogens is 394 g/mol. The zero-order valence-corrected chi connectivity index (χ0v) is 15.5. The largest absolute Gasteiger partial charge is 0.420 e. The minimum absolute atomic E-state index is 0.0697. The Morgan fingerprint density at radius 2 is 2.00 bits per heavy atom. The lowest BCUT2D eigenvalue weighted by Crippen LogP contribution is -2.32. The molecule has 3 rings (SSSR count). The highest BCUT2D eigenvalue weighted by Crippen LogP contribution is 2.21. The summed E-state index contributed by atoms with van der Waals surface area (Å²) in [6.45, 7) is 0.192. The number of thioether (sulfide) groups is 1. The number of rotatable bonds is 7. The van der Waals surface area contributed by atoms with Gasteiger partial charge >= 0.3 is 5.76 Å². The minimum Gasteiger partial charge on any atom is -0.407 e. The van der Waals surface area contributed by atoms with E-state index < -0.39 is 10.7 Å². The lowest BCUT2D eigenvalue weighted by Gasteiger charge is -2.06. The number of nitro groups is 1. The maximum atomic E-state index is 12.1. The number of nitrogens with zero attached hydrogens (tertiary/aromatic N) is 2. The summed E-state index contributed by atoms with van der Waals surface area (Å²) >= 11 is 7.39. The van der Waals surface area contributed by atoms with Gasteiger partial charge in [-0.1, -0.05) is 11.6 Å². The second-order valence-electron chi connectivity index (χ2n) is 5.52. The maximum Gasteiger partial charge on any atom is 0.420 e. The van der Waals surface area contributed by atoms with Crippen LogP contribution >= 0.6 is 23.4 Å². The Morgan fingerprint density at radius 3 is 2.70 bits per heavy atom. The molecule has 0 fully saturated rings. The Morgan fingerprint density at radius 1 is 1.26 bits per heavy atom. The van der Waals surface area contributed by atoms with Crippen molar-refractivity contribution in [3.05, 3.63) is 68.2 Å². The van der Waals surface area contributed by atoms with Gasteiger partial charge in [-0.15, -0.1) is 11.8 Å². The lowest BCUT2D eigenvalue weighted by atomic mass is 10.3. The van der Waals surface area contributed by atoms with Crippen molar-refractivity contribution in [1.29, 1.82) is 0 Å². The van der Waals surface area contributed by atoms with Crippen molar-refractivity contribution in [3.8, 4) is 0 Å². The van der Waals surface area contributed by atoms with Crippen LogP contribution in [0.3, 0.4) is 0 Å². The molecule has 1 aromatic heterocycles. The Hall–Kier alpha value is -2.78. The van der Waals surface area contributed by atoms with Crippen LogP contribution in [0, 0.1) is 10.1 Å². The number of hydrogen-bond acceptors (Lipinski definition) is 6. The van der Waals surface area contributed by atoms with E-state index in [1.807, 2.05) is 12.1 Å². The molecule has 0 aliphatic heterocycles. The van der Waals surface area contributed by atoms with Crippen LogP contribution in [0.15, 0.2) is 56.6 Å². The summed E-state index contributed by atoms with van der Waals surface area (Å²) in [6, 6.07) is 11.2. The third-order valence-corrected chi connectivity index (χ3v) is 4.94. The van der Waals surface area contributed by atoms with Gasteiger partial charge in [0.2, 0.25) is 5.91 Å². The quantitative estimate of drug-likeness (QED) is 0.279. The molecule has 0 spiro atoms. The lowest BCUT2D eigenvalue weighted by molar-refractivity contribution is -0.384. The first kappa shape index (κ1) is 19.0. The predicted molar refractivity (Wildman–Crippen MR) is 102 cm³/mol. The average Bonchev–Trinajstić information content (AvgIpc) is 2.95. The van der Waals surface area contributed by atoms with Crippen LogP contribution in [0.4, 0.5) is 5.69 Å². The minimum atomic E-state index is -0.740. The fourth-order valence-corrected chi connectivity index (χ4v) is 3.30. The number of carbonyl (C=O) groups excluding carboxylic acids is 1.